The van der Waals surface area contributed by atoms with Gasteiger partial charge in [0.2, 0.25) is 5.91 Å². The standard InChI is InChI=1S/C17H23N3O3/c1-12-14(13(2)23-19-12)10-17(21)18-11-15(16-6-5-9-22-16)20-7-3-4-8-20/h5-6,9,15H,3-4,7-8,10-11H2,1-2H3,(H,18,21)/t15-/m1/s1. The summed E-state index contributed by atoms with van der Waals surface area (Å²) in [6.07, 6.45) is 4.38. The van der Waals surface area contributed by atoms with E-state index in [1.807, 2.05) is 26.0 Å². The topological polar surface area (TPSA) is 71.5 Å². The van der Waals surface area contributed by atoms with Gasteiger partial charge in [0.1, 0.15) is 11.5 Å². The van der Waals surface area contributed by atoms with Crippen molar-refractivity contribution in [2.24, 2.45) is 0 Å². The summed E-state index contributed by atoms with van der Waals surface area (Å²) in [4.78, 5) is 14.6. The van der Waals surface area contributed by atoms with Gasteiger partial charge in [0, 0.05) is 12.1 Å². The number of likely N-dealkylation sites (tertiary alicyclic amines) is 1. The molecule has 6 heteroatoms. The molecule has 1 fully saturated rings. The summed E-state index contributed by atoms with van der Waals surface area (Å²) >= 11 is 0. The Kier molecular flexibility index (Phi) is 4.81. The Balaban J connectivity index is 1.61. The Hall–Kier alpha value is -2.08. The number of carbonyl (C=O) groups is 1. The number of aryl methyl sites for hydroxylation is 2. The van der Waals surface area contributed by atoms with Gasteiger partial charge in [-0.25, -0.2) is 0 Å². The SMILES string of the molecule is Cc1noc(C)c1CC(=O)NC[C@H](c1ccco1)N1CCCC1. The highest BCUT2D eigenvalue weighted by atomic mass is 16.5. The molecule has 0 aromatic carbocycles. The number of hydrogen-bond acceptors (Lipinski definition) is 5. The van der Waals surface area contributed by atoms with Crippen molar-refractivity contribution < 1.29 is 13.7 Å². The summed E-state index contributed by atoms with van der Waals surface area (Å²) in [6, 6.07) is 3.97. The Labute approximate surface area is 135 Å². The number of aromatic nitrogens is 1. The Morgan fingerprint density at radius 2 is 2.17 bits per heavy atom. The lowest BCUT2D eigenvalue weighted by Gasteiger charge is -2.26. The highest BCUT2D eigenvalue weighted by molar-refractivity contribution is 5.79. The van der Waals surface area contributed by atoms with Crippen LogP contribution in [0.5, 0.6) is 0 Å². The van der Waals surface area contributed by atoms with Crippen LogP contribution in [0, 0.1) is 13.8 Å². The fourth-order valence-corrected chi connectivity index (χ4v) is 3.13. The summed E-state index contributed by atoms with van der Waals surface area (Å²) in [7, 11) is 0. The van der Waals surface area contributed by atoms with Crippen molar-refractivity contribution in [2.45, 2.75) is 39.2 Å². The van der Waals surface area contributed by atoms with Gasteiger partial charge in [-0.15, -0.1) is 0 Å². The second-order valence-corrected chi connectivity index (χ2v) is 6.06. The maximum Gasteiger partial charge on any atom is 0.224 e. The lowest BCUT2D eigenvalue weighted by molar-refractivity contribution is -0.120. The lowest BCUT2D eigenvalue weighted by atomic mass is 10.1. The number of rotatable bonds is 6. The third-order valence-electron chi connectivity index (χ3n) is 4.46. The first-order valence-corrected chi connectivity index (χ1v) is 8.11. The van der Waals surface area contributed by atoms with Crippen LogP contribution in [0.25, 0.3) is 0 Å². The van der Waals surface area contributed by atoms with E-state index in [0.717, 1.165) is 30.1 Å². The van der Waals surface area contributed by atoms with Crippen molar-refractivity contribution in [3.63, 3.8) is 0 Å². The minimum Gasteiger partial charge on any atom is -0.468 e. The molecule has 0 aliphatic carbocycles. The van der Waals surface area contributed by atoms with Gasteiger partial charge >= 0.3 is 0 Å². The van der Waals surface area contributed by atoms with E-state index < -0.39 is 0 Å². The zero-order chi connectivity index (χ0) is 16.2. The molecule has 3 rings (SSSR count). The van der Waals surface area contributed by atoms with Crippen LogP contribution in [0.2, 0.25) is 0 Å². The van der Waals surface area contributed by atoms with E-state index in [9.17, 15) is 4.79 Å². The van der Waals surface area contributed by atoms with Gasteiger partial charge < -0.3 is 14.3 Å². The molecule has 2 aromatic heterocycles. The molecule has 0 radical (unpaired) electrons. The maximum absolute atomic E-state index is 12.3. The van der Waals surface area contributed by atoms with Crippen LogP contribution in [0.1, 0.15) is 41.7 Å². The molecule has 6 nitrogen and oxygen atoms in total. The Morgan fingerprint density at radius 3 is 2.78 bits per heavy atom. The van der Waals surface area contributed by atoms with E-state index in [2.05, 4.69) is 15.4 Å². The molecule has 1 saturated heterocycles. The molecular weight excluding hydrogens is 294 g/mol. The maximum atomic E-state index is 12.3. The van der Waals surface area contributed by atoms with Crippen LogP contribution >= 0.6 is 0 Å². The molecule has 0 spiro atoms. The zero-order valence-corrected chi connectivity index (χ0v) is 13.7. The third kappa shape index (κ3) is 3.64. The van der Waals surface area contributed by atoms with Crippen molar-refractivity contribution in [3.8, 4) is 0 Å². The second kappa shape index (κ2) is 7.00. The van der Waals surface area contributed by atoms with Crippen molar-refractivity contribution >= 4 is 5.91 Å². The van der Waals surface area contributed by atoms with E-state index in [4.69, 9.17) is 8.94 Å². The van der Waals surface area contributed by atoms with Crippen molar-refractivity contribution in [1.82, 2.24) is 15.4 Å². The number of amides is 1. The van der Waals surface area contributed by atoms with Crippen LogP contribution < -0.4 is 5.32 Å². The molecule has 0 saturated carbocycles. The van der Waals surface area contributed by atoms with Gasteiger partial charge in [0.15, 0.2) is 0 Å². The molecular formula is C17H23N3O3. The number of hydrogen-bond donors (Lipinski definition) is 1. The predicted octanol–water partition coefficient (Wildman–Crippen LogP) is 2.38. The summed E-state index contributed by atoms with van der Waals surface area (Å²) < 4.78 is 10.7. The molecule has 1 N–H and O–H groups in total. The van der Waals surface area contributed by atoms with Gasteiger partial charge in [-0.05, 0) is 51.9 Å². The van der Waals surface area contributed by atoms with Crippen molar-refractivity contribution in [1.29, 1.82) is 0 Å². The molecule has 1 amide bonds. The van der Waals surface area contributed by atoms with Crippen LogP contribution in [0.4, 0.5) is 0 Å². The quantitative estimate of drug-likeness (QED) is 0.885. The normalized spacial score (nSPS) is 16.6. The van der Waals surface area contributed by atoms with Crippen LogP contribution in [-0.4, -0.2) is 35.6 Å². The monoisotopic (exact) mass is 317 g/mol. The highest BCUT2D eigenvalue weighted by Crippen LogP contribution is 2.25. The van der Waals surface area contributed by atoms with Crippen molar-refractivity contribution in [3.05, 3.63) is 41.2 Å². The van der Waals surface area contributed by atoms with Gasteiger partial charge in [0.25, 0.3) is 0 Å². The van der Waals surface area contributed by atoms with E-state index in [1.165, 1.54) is 12.8 Å². The predicted molar refractivity (Wildman–Crippen MR) is 84.9 cm³/mol. The van der Waals surface area contributed by atoms with Crippen LogP contribution in [0.15, 0.2) is 27.3 Å². The molecule has 0 unspecified atom stereocenters. The van der Waals surface area contributed by atoms with Crippen molar-refractivity contribution in [2.75, 3.05) is 19.6 Å². The minimum absolute atomic E-state index is 0.0184. The van der Waals surface area contributed by atoms with Gasteiger partial charge in [0.05, 0.1) is 24.4 Å². The number of carbonyl (C=O) groups excluding carboxylic acids is 1. The van der Waals surface area contributed by atoms with E-state index in [1.54, 1.807) is 6.26 Å². The first-order chi connectivity index (χ1) is 11.1. The average molecular weight is 317 g/mol. The first kappa shape index (κ1) is 15.8. The second-order valence-electron chi connectivity index (χ2n) is 6.06. The summed E-state index contributed by atoms with van der Waals surface area (Å²) in [5, 5.41) is 6.92. The largest absolute Gasteiger partial charge is 0.468 e. The van der Waals surface area contributed by atoms with E-state index >= 15 is 0 Å². The van der Waals surface area contributed by atoms with Crippen LogP contribution in [-0.2, 0) is 11.2 Å². The molecule has 1 atom stereocenters. The molecule has 1 aliphatic heterocycles. The summed E-state index contributed by atoms with van der Waals surface area (Å²) in [5.41, 5.74) is 1.65. The average Bonchev–Trinajstić information content (AvgIpc) is 3.27. The fraction of sp³-hybridized carbons (Fsp3) is 0.529. The highest BCUT2D eigenvalue weighted by Gasteiger charge is 2.26. The first-order valence-electron chi connectivity index (χ1n) is 8.11. The molecule has 3 heterocycles. The minimum atomic E-state index is -0.0184. The van der Waals surface area contributed by atoms with Gasteiger partial charge in [-0.2, -0.15) is 0 Å². The molecule has 0 bridgehead atoms. The summed E-state index contributed by atoms with van der Waals surface area (Å²) in [5.74, 6) is 1.60. The molecule has 124 valence electrons. The van der Waals surface area contributed by atoms with Gasteiger partial charge in [-0.1, -0.05) is 5.16 Å². The van der Waals surface area contributed by atoms with E-state index in [0.29, 0.717) is 18.7 Å². The zero-order valence-electron chi connectivity index (χ0n) is 13.7. The Morgan fingerprint density at radius 1 is 1.39 bits per heavy atom. The number of nitrogens with zero attached hydrogens (tertiary/aromatic N) is 2. The number of furan rings is 1. The summed E-state index contributed by atoms with van der Waals surface area (Å²) in [6.45, 7) is 6.33. The number of nitrogens with one attached hydrogen (secondary N) is 1. The molecule has 1 aliphatic rings. The fourth-order valence-electron chi connectivity index (χ4n) is 3.13. The molecule has 2 aromatic rings. The molecule has 23 heavy (non-hydrogen) atoms. The van der Waals surface area contributed by atoms with E-state index in [-0.39, 0.29) is 11.9 Å². The third-order valence-corrected chi connectivity index (χ3v) is 4.46. The smallest absolute Gasteiger partial charge is 0.224 e. The van der Waals surface area contributed by atoms with Crippen LogP contribution in [0.3, 0.4) is 0 Å². The Bertz CT molecular complexity index is 623. The van der Waals surface area contributed by atoms with Gasteiger partial charge in [-0.3, -0.25) is 9.69 Å². The lowest BCUT2D eigenvalue weighted by Crippen LogP contribution is -2.37.